The highest BCUT2D eigenvalue weighted by molar-refractivity contribution is 5.22. The molecule has 0 fully saturated rings. The molecule has 15 heavy (non-hydrogen) atoms. The SMILES string of the molecule is CC(C)(N)c1nc2c(c(=O)[nH]1)CCCC2. The van der Waals surface area contributed by atoms with E-state index in [-0.39, 0.29) is 5.56 Å². The van der Waals surface area contributed by atoms with E-state index in [2.05, 4.69) is 9.97 Å². The Morgan fingerprint density at radius 2 is 2.00 bits per heavy atom. The molecule has 1 heterocycles. The van der Waals surface area contributed by atoms with E-state index in [4.69, 9.17) is 5.73 Å². The van der Waals surface area contributed by atoms with Crippen LogP contribution in [0, 0.1) is 0 Å². The number of nitrogens with two attached hydrogens (primary N) is 1. The van der Waals surface area contributed by atoms with Crippen LogP contribution in [0.1, 0.15) is 43.8 Å². The van der Waals surface area contributed by atoms with Crippen molar-refractivity contribution in [1.82, 2.24) is 9.97 Å². The summed E-state index contributed by atoms with van der Waals surface area (Å²) in [6.07, 6.45) is 3.96. The summed E-state index contributed by atoms with van der Waals surface area (Å²) in [5.41, 5.74) is 7.14. The monoisotopic (exact) mass is 207 g/mol. The van der Waals surface area contributed by atoms with Gasteiger partial charge in [-0.1, -0.05) is 0 Å². The molecule has 0 saturated carbocycles. The Hall–Kier alpha value is -1.16. The first-order valence-electron chi connectivity index (χ1n) is 5.40. The molecule has 0 radical (unpaired) electrons. The fourth-order valence-electron chi connectivity index (χ4n) is 1.91. The zero-order valence-electron chi connectivity index (χ0n) is 9.26. The number of fused-ring (bicyclic) bond motifs is 1. The fourth-order valence-corrected chi connectivity index (χ4v) is 1.91. The number of hydrogen-bond donors (Lipinski definition) is 2. The van der Waals surface area contributed by atoms with Crippen LogP contribution in [0.25, 0.3) is 0 Å². The maximum atomic E-state index is 11.8. The molecule has 0 aliphatic heterocycles. The van der Waals surface area contributed by atoms with Crippen molar-refractivity contribution in [2.24, 2.45) is 5.73 Å². The molecule has 1 aliphatic rings. The summed E-state index contributed by atoms with van der Waals surface area (Å²) in [6, 6.07) is 0. The molecule has 0 aromatic carbocycles. The smallest absolute Gasteiger partial charge is 0.254 e. The minimum Gasteiger partial charge on any atom is -0.319 e. The predicted molar refractivity (Wildman–Crippen MR) is 58.7 cm³/mol. The number of aryl methyl sites for hydroxylation is 1. The molecule has 1 aliphatic carbocycles. The lowest BCUT2D eigenvalue weighted by Gasteiger charge is -2.21. The highest BCUT2D eigenvalue weighted by Crippen LogP contribution is 2.18. The normalized spacial score (nSPS) is 16.2. The van der Waals surface area contributed by atoms with E-state index in [9.17, 15) is 4.79 Å². The molecular formula is C11H17N3O. The van der Waals surface area contributed by atoms with Gasteiger partial charge in [-0.05, 0) is 39.5 Å². The zero-order valence-corrected chi connectivity index (χ0v) is 9.26. The van der Waals surface area contributed by atoms with Gasteiger partial charge in [0.05, 0.1) is 11.2 Å². The Kier molecular flexibility index (Phi) is 2.38. The van der Waals surface area contributed by atoms with Crippen molar-refractivity contribution < 1.29 is 0 Å². The summed E-state index contributed by atoms with van der Waals surface area (Å²) in [7, 11) is 0. The first-order valence-corrected chi connectivity index (χ1v) is 5.40. The first-order chi connectivity index (χ1) is 6.98. The molecular weight excluding hydrogens is 190 g/mol. The molecule has 0 saturated heterocycles. The standard InChI is InChI=1S/C11H17N3O/c1-11(2,12)10-13-8-6-4-3-5-7(8)9(15)14-10/h3-6,12H2,1-2H3,(H,13,14,15). The van der Waals surface area contributed by atoms with Crippen LogP contribution < -0.4 is 11.3 Å². The van der Waals surface area contributed by atoms with Gasteiger partial charge in [-0.3, -0.25) is 4.79 Å². The average molecular weight is 207 g/mol. The van der Waals surface area contributed by atoms with Gasteiger partial charge in [0, 0.05) is 5.56 Å². The minimum atomic E-state index is -0.578. The van der Waals surface area contributed by atoms with Gasteiger partial charge in [0.1, 0.15) is 5.82 Å². The van der Waals surface area contributed by atoms with E-state index >= 15 is 0 Å². The first kappa shape index (κ1) is 10.4. The number of aromatic nitrogens is 2. The minimum absolute atomic E-state index is 0.00627. The van der Waals surface area contributed by atoms with Crippen LogP contribution in [-0.4, -0.2) is 9.97 Å². The van der Waals surface area contributed by atoms with Crippen LogP contribution in [0.3, 0.4) is 0 Å². The topological polar surface area (TPSA) is 71.8 Å². The van der Waals surface area contributed by atoms with Crippen molar-refractivity contribution >= 4 is 0 Å². The summed E-state index contributed by atoms with van der Waals surface area (Å²) >= 11 is 0. The molecule has 4 nitrogen and oxygen atoms in total. The highest BCUT2D eigenvalue weighted by Gasteiger charge is 2.21. The van der Waals surface area contributed by atoms with E-state index in [1.54, 1.807) is 0 Å². The predicted octanol–water partition coefficient (Wildman–Crippen LogP) is 0.842. The number of nitrogens with one attached hydrogen (secondary N) is 1. The van der Waals surface area contributed by atoms with Gasteiger partial charge in [-0.25, -0.2) is 4.98 Å². The summed E-state index contributed by atoms with van der Waals surface area (Å²) in [5.74, 6) is 0.591. The quantitative estimate of drug-likeness (QED) is 0.717. The second-order valence-electron chi connectivity index (χ2n) is 4.77. The third-order valence-electron chi connectivity index (χ3n) is 2.80. The lowest BCUT2D eigenvalue weighted by molar-refractivity contribution is 0.501. The largest absolute Gasteiger partial charge is 0.319 e. The van der Waals surface area contributed by atoms with Gasteiger partial charge in [-0.15, -0.1) is 0 Å². The number of rotatable bonds is 1. The molecule has 0 bridgehead atoms. The van der Waals surface area contributed by atoms with Crippen LogP contribution in [0.2, 0.25) is 0 Å². The molecule has 4 heteroatoms. The van der Waals surface area contributed by atoms with Crippen molar-refractivity contribution in [3.63, 3.8) is 0 Å². The molecule has 0 unspecified atom stereocenters. The average Bonchev–Trinajstić information content (AvgIpc) is 2.16. The number of hydrogen-bond acceptors (Lipinski definition) is 3. The van der Waals surface area contributed by atoms with Crippen LogP contribution in [0.4, 0.5) is 0 Å². The van der Waals surface area contributed by atoms with Gasteiger partial charge in [-0.2, -0.15) is 0 Å². The molecule has 0 spiro atoms. The van der Waals surface area contributed by atoms with E-state index < -0.39 is 5.54 Å². The van der Waals surface area contributed by atoms with Crippen molar-refractivity contribution in [2.75, 3.05) is 0 Å². The second-order valence-corrected chi connectivity index (χ2v) is 4.77. The summed E-state index contributed by atoms with van der Waals surface area (Å²) < 4.78 is 0. The lowest BCUT2D eigenvalue weighted by atomic mass is 9.96. The summed E-state index contributed by atoms with van der Waals surface area (Å²) in [4.78, 5) is 19.0. The molecule has 0 amide bonds. The number of nitrogens with zero attached hydrogens (tertiary/aromatic N) is 1. The van der Waals surface area contributed by atoms with E-state index in [1.165, 1.54) is 0 Å². The molecule has 2 rings (SSSR count). The van der Waals surface area contributed by atoms with Crippen LogP contribution in [0.5, 0.6) is 0 Å². The Balaban J connectivity index is 2.55. The van der Waals surface area contributed by atoms with Crippen LogP contribution >= 0.6 is 0 Å². The summed E-state index contributed by atoms with van der Waals surface area (Å²) in [5, 5.41) is 0. The zero-order chi connectivity index (χ0) is 11.1. The van der Waals surface area contributed by atoms with Gasteiger partial charge < -0.3 is 10.7 Å². The second kappa shape index (κ2) is 3.45. The fraction of sp³-hybridized carbons (Fsp3) is 0.636. The Morgan fingerprint density at radius 1 is 1.33 bits per heavy atom. The summed E-state index contributed by atoms with van der Waals surface area (Å²) in [6.45, 7) is 3.70. The van der Waals surface area contributed by atoms with Crippen molar-refractivity contribution in [1.29, 1.82) is 0 Å². The van der Waals surface area contributed by atoms with E-state index in [1.807, 2.05) is 13.8 Å². The van der Waals surface area contributed by atoms with Crippen LogP contribution in [-0.2, 0) is 18.4 Å². The highest BCUT2D eigenvalue weighted by atomic mass is 16.1. The van der Waals surface area contributed by atoms with Gasteiger partial charge in [0.15, 0.2) is 0 Å². The van der Waals surface area contributed by atoms with E-state index in [0.29, 0.717) is 5.82 Å². The van der Waals surface area contributed by atoms with Gasteiger partial charge in [0.25, 0.3) is 5.56 Å². The molecule has 3 N–H and O–H groups in total. The van der Waals surface area contributed by atoms with Crippen molar-refractivity contribution in [3.05, 3.63) is 27.4 Å². The third kappa shape index (κ3) is 1.95. The molecule has 1 aromatic rings. The number of aromatic amines is 1. The van der Waals surface area contributed by atoms with E-state index in [0.717, 1.165) is 36.9 Å². The van der Waals surface area contributed by atoms with Crippen molar-refractivity contribution in [3.8, 4) is 0 Å². The molecule has 0 atom stereocenters. The maximum absolute atomic E-state index is 11.8. The molecule has 82 valence electrons. The van der Waals surface area contributed by atoms with Crippen LogP contribution in [0.15, 0.2) is 4.79 Å². The Labute approximate surface area is 88.9 Å². The van der Waals surface area contributed by atoms with Crippen molar-refractivity contribution in [2.45, 2.75) is 45.1 Å². The lowest BCUT2D eigenvalue weighted by Crippen LogP contribution is -2.35. The Morgan fingerprint density at radius 3 is 2.67 bits per heavy atom. The van der Waals surface area contributed by atoms with Gasteiger partial charge >= 0.3 is 0 Å². The number of H-pyrrole nitrogens is 1. The van der Waals surface area contributed by atoms with Gasteiger partial charge in [0.2, 0.25) is 0 Å². The molecule has 1 aromatic heterocycles. The Bertz CT molecular complexity index is 428. The third-order valence-corrected chi connectivity index (χ3v) is 2.80. The maximum Gasteiger partial charge on any atom is 0.254 e.